The molecule has 0 radical (unpaired) electrons. The van der Waals surface area contributed by atoms with Gasteiger partial charge in [0.05, 0.1) is 12.7 Å². The molecule has 2 amide bonds. The van der Waals surface area contributed by atoms with E-state index >= 15 is 0 Å². The number of nitrogens with one attached hydrogen (secondary N) is 1. The predicted octanol–water partition coefficient (Wildman–Crippen LogP) is 0.394. The van der Waals surface area contributed by atoms with E-state index in [1.165, 1.54) is 15.9 Å². The highest BCUT2D eigenvalue weighted by molar-refractivity contribution is 6.00. The number of aromatic nitrogens is 5. The molecule has 3 aromatic rings. The van der Waals surface area contributed by atoms with Gasteiger partial charge in [0.15, 0.2) is 0 Å². The van der Waals surface area contributed by atoms with Crippen molar-refractivity contribution in [3.8, 4) is 5.75 Å². The minimum Gasteiger partial charge on any atom is -0.508 e. The van der Waals surface area contributed by atoms with Crippen molar-refractivity contribution in [3.63, 3.8) is 0 Å². The molecule has 0 aliphatic carbocycles. The molecule has 144 valence electrons. The maximum absolute atomic E-state index is 12.7. The van der Waals surface area contributed by atoms with E-state index in [1.54, 1.807) is 48.3 Å². The lowest BCUT2D eigenvalue weighted by Gasteiger charge is -2.19. The number of carbonyl (C=O) groups excluding carboxylic acids is 2. The van der Waals surface area contributed by atoms with Crippen LogP contribution in [0.3, 0.4) is 0 Å². The Bertz CT molecular complexity index is 1030. The number of carbonyl (C=O) groups is 2. The lowest BCUT2D eigenvalue weighted by atomic mass is 10.2. The number of hydrogen-bond acceptors (Lipinski definition) is 6. The third-order valence-electron chi connectivity index (χ3n) is 4.66. The number of phenols is 1. The van der Waals surface area contributed by atoms with Gasteiger partial charge in [-0.05, 0) is 12.5 Å². The number of likely N-dealkylation sites (N-methyl/N-ethyl adjacent to an activating group) is 1. The summed E-state index contributed by atoms with van der Waals surface area (Å²) in [6, 6.07) is 7.94. The number of rotatable bonds is 4. The van der Waals surface area contributed by atoms with Crippen molar-refractivity contribution in [2.45, 2.75) is 25.6 Å². The fourth-order valence-corrected chi connectivity index (χ4v) is 3.16. The van der Waals surface area contributed by atoms with E-state index in [2.05, 4.69) is 20.5 Å². The molecule has 28 heavy (non-hydrogen) atoms. The molecule has 4 rings (SSSR count). The summed E-state index contributed by atoms with van der Waals surface area (Å²) in [4.78, 5) is 30.7. The molecule has 1 aromatic carbocycles. The molecule has 0 fully saturated rings. The van der Waals surface area contributed by atoms with Crippen LogP contribution in [-0.2, 0) is 17.9 Å². The Morgan fingerprint density at radius 3 is 2.96 bits per heavy atom. The Kier molecular flexibility index (Phi) is 4.52. The SMILES string of the molecule is CN1C(=O)[C@@H](NC(=O)c2ncn(Cc3ccccc3O)n2)CCn2nccc21. The standard InChI is InChI=1S/C18H19N7O3/c1-23-15-6-8-20-25(15)9-7-13(18(23)28)21-17(27)16-19-11-24(22-16)10-12-4-2-3-5-14(12)26/h2-6,8,11,13,26H,7,9-10H2,1H3,(H,21,27)/t13-/m0/s1. The van der Waals surface area contributed by atoms with Crippen LogP contribution in [0.15, 0.2) is 42.9 Å². The highest BCUT2D eigenvalue weighted by atomic mass is 16.3. The van der Waals surface area contributed by atoms with Gasteiger partial charge in [0.1, 0.15) is 23.9 Å². The third-order valence-corrected chi connectivity index (χ3v) is 4.66. The minimum absolute atomic E-state index is 0.0344. The van der Waals surface area contributed by atoms with E-state index in [0.29, 0.717) is 24.3 Å². The topological polar surface area (TPSA) is 118 Å². The first-order valence-electron chi connectivity index (χ1n) is 8.79. The van der Waals surface area contributed by atoms with E-state index in [4.69, 9.17) is 0 Å². The highest BCUT2D eigenvalue weighted by Crippen LogP contribution is 2.19. The number of phenolic OH excluding ortho intramolecular Hbond substituents is 1. The zero-order chi connectivity index (χ0) is 19.7. The number of anilines is 1. The summed E-state index contributed by atoms with van der Waals surface area (Å²) in [5.41, 5.74) is 0.661. The monoisotopic (exact) mass is 381 g/mol. The number of fused-ring (bicyclic) bond motifs is 1. The molecule has 0 spiro atoms. The number of aromatic hydroxyl groups is 1. The molecule has 3 heterocycles. The van der Waals surface area contributed by atoms with Crippen molar-refractivity contribution < 1.29 is 14.7 Å². The maximum atomic E-state index is 12.7. The van der Waals surface area contributed by atoms with Gasteiger partial charge in [0.25, 0.3) is 11.8 Å². The maximum Gasteiger partial charge on any atom is 0.291 e. The Labute approximate surface area is 160 Å². The Morgan fingerprint density at radius 2 is 2.14 bits per heavy atom. The lowest BCUT2D eigenvalue weighted by molar-refractivity contribution is -0.120. The van der Waals surface area contributed by atoms with Gasteiger partial charge in [-0.2, -0.15) is 5.10 Å². The summed E-state index contributed by atoms with van der Waals surface area (Å²) in [5.74, 6) is 0.0526. The van der Waals surface area contributed by atoms with Crippen molar-refractivity contribution in [1.29, 1.82) is 0 Å². The van der Waals surface area contributed by atoms with Gasteiger partial charge in [-0.3, -0.25) is 14.5 Å². The summed E-state index contributed by atoms with van der Waals surface area (Å²) in [6.45, 7) is 0.789. The molecule has 2 N–H and O–H groups in total. The smallest absolute Gasteiger partial charge is 0.291 e. The molecule has 10 heteroatoms. The molecule has 1 aliphatic heterocycles. The summed E-state index contributed by atoms with van der Waals surface area (Å²) in [6.07, 6.45) is 3.47. The zero-order valence-electron chi connectivity index (χ0n) is 15.2. The van der Waals surface area contributed by atoms with Crippen molar-refractivity contribution in [2.75, 3.05) is 11.9 Å². The van der Waals surface area contributed by atoms with Gasteiger partial charge >= 0.3 is 0 Å². The molecule has 10 nitrogen and oxygen atoms in total. The number of hydrogen-bond donors (Lipinski definition) is 2. The second-order valence-electron chi connectivity index (χ2n) is 6.52. The van der Waals surface area contributed by atoms with Gasteiger partial charge in [-0.25, -0.2) is 14.3 Å². The molecule has 0 saturated carbocycles. The Hall–Kier alpha value is -3.69. The van der Waals surface area contributed by atoms with E-state index in [9.17, 15) is 14.7 Å². The first kappa shape index (κ1) is 17.7. The van der Waals surface area contributed by atoms with Crippen molar-refractivity contribution in [1.82, 2.24) is 29.9 Å². The van der Waals surface area contributed by atoms with Crippen molar-refractivity contribution in [2.24, 2.45) is 0 Å². The number of nitrogens with zero attached hydrogens (tertiary/aromatic N) is 6. The fraction of sp³-hybridized carbons (Fsp3) is 0.278. The second kappa shape index (κ2) is 7.14. The Morgan fingerprint density at radius 1 is 1.32 bits per heavy atom. The first-order valence-corrected chi connectivity index (χ1v) is 8.79. The van der Waals surface area contributed by atoms with E-state index in [0.717, 1.165) is 0 Å². The van der Waals surface area contributed by atoms with Crippen LogP contribution in [0.4, 0.5) is 5.82 Å². The number of amides is 2. The van der Waals surface area contributed by atoms with Crippen LogP contribution in [0.1, 0.15) is 22.6 Å². The van der Waals surface area contributed by atoms with Gasteiger partial charge in [-0.15, -0.1) is 5.10 Å². The number of para-hydroxylation sites is 1. The second-order valence-corrected chi connectivity index (χ2v) is 6.52. The van der Waals surface area contributed by atoms with Crippen LogP contribution in [0.25, 0.3) is 0 Å². The molecular weight excluding hydrogens is 362 g/mol. The van der Waals surface area contributed by atoms with Crippen LogP contribution in [0.5, 0.6) is 5.75 Å². The summed E-state index contributed by atoms with van der Waals surface area (Å²) >= 11 is 0. The summed E-state index contributed by atoms with van der Waals surface area (Å²) in [5, 5.41) is 20.9. The van der Waals surface area contributed by atoms with E-state index in [-0.39, 0.29) is 24.0 Å². The fourth-order valence-electron chi connectivity index (χ4n) is 3.16. The molecule has 1 atom stereocenters. The summed E-state index contributed by atoms with van der Waals surface area (Å²) < 4.78 is 3.18. The van der Waals surface area contributed by atoms with Gasteiger partial charge in [0, 0.05) is 25.2 Å². The van der Waals surface area contributed by atoms with Gasteiger partial charge in [-0.1, -0.05) is 18.2 Å². The minimum atomic E-state index is -0.690. The van der Waals surface area contributed by atoms with Gasteiger partial charge in [0.2, 0.25) is 5.82 Å². The molecule has 0 saturated heterocycles. The van der Waals surface area contributed by atoms with Crippen LogP contribution in [0, 0.1) is 0 Å². The highest BCUT2D eigenvalue weighted by Gasteiger charge is 2.30. The Balaban J connectivity index is 1.44. The van der Waals surface area contributed by atoms with Crippen LogP contribution >= 0.6 is 0 Å². The van der Waals surface area contributed by atoms with E-state index < -0.39 is 11.9 Å². The predicted molar refractivity (Wildman–Crippen MR) is 98.7 cm³/mol. The zero-order valence-corrected chi connectivity index (χ0v) is 15.2. The third kappa shape index (κ3) is 3.31. The van der Waals surface area contributed by atoms with Gasteiger partial charge < -0.3 is 10.4 Å². The molecule has 0 bridgehead atoms. The quantitative estimate of drug-likeness (QED) is 0.675. The molecule has 0 unspecified atom stereocenters. The van der Waals surface area contributed by atoms with Crippen molar-refractivity contribution >= 4 is 17.6 Å². The molecule has 1 aliphatic rings. The van der Waals surface area contributed by atoms with Crippen molar-refractivity contribution in [3.05, 3.63) is 54.2 Å². The lowest BCUT2D eigenvalue weighted by Crippen LogP contribution is -2.47. The normalized spacial score (nSPS) is 16.5. The first-order chi connectivity index (χ1) is 13.5. The summed E-state index contributed by atoms with van der Waals surface area (Å²) in [7, 11) is 1.65. The molecule has 2 aromatic heterocycles. The van der Waals surface area contributed by atoms with E-state index in [1.807, 2.05) is 0 Å². The molecular formula is C18H19N7O3. The van der Waals surface area contributed by atoms with Crippen LogP contribution < -0.4 is 10.2 Å². The average molecular weight is 381 g/mol. The van der Waals surface area contributed by atoms with Crippen LogP contribution in [0.2, 0.25) is 0 Å². The number of aryl methyl sites for hydroxylation is 1. The largest absolute Gasteiger partial charge is 0.508 e. The number of benzene rings is 1. The average Bonchev–Trinajstić information content (AvgIpc) is 3.33. The van der Waals surface area contributed by atoms with Crippen LogP contribution in [-0.4, -0.2) is 54.6 Å².